The van der Waals surface area contributed by atoms with Crippen LogP contribution in [0.5, 0.6) is 0 Å². The molecule has 0 aliphatic carbocycles. The Morgan fingerprint density at radius 1 is 1.42 bits per heavy atom. The fraction of sp³-hybridized carbons (Fsp3) is 0.421. The number of pyridine rings is 1. The maximum Gasteiger partial charge on any atom is 0.221 e. The van der Waals surface area contributed by atoms with Gasteiger partial charge in [-0.2, -0.15) is 5.26 Å². The predicted molar refractivity (Wildman–Crippen MR) is 94.3 cm³/mol. The van der Waals surface area contributed by atoms with Crippen LogP contribution >= 0.6 is 0 Å². The molecule has 1 aliphatic heterocycles. The summed E-state index contributed by atoms with van der Waals surface area (Å²) in [7, 11) is 0. The maximum absolute atomic E-state index is 11.1. The zero-order valence-corrected chi connectivity index (χ0v) is 14.2. The molecular formula is C19H22N4O. The zero-order chi connectivity index (χ0) is 17.2. The summed E-state index contributed by atoms with van der Waals surface area (Å²) in [5.74, 6) is -0.0791. The minimum absolute atomic E-state index is 0.0791. The molecule has 1 fully saturated rings. The Balaban J connectivity index is 1.76. The number of nitrogens with zero attached hydrogens (tertiary/aromatic N) is 3. The van der Waals surface area contributed by atoms with Crippen LogP contribution in [0.2, 0.25) is 0 Å². The molecule has 24 heavy (non-hydrogen) atoms. The van der Waals surface area contributed by atoms with Gasteiger partial charge in [-0.1, -0.05) is 6.07 Å². The van der Waals surface area contributed by atoms with E-state index in [4.69, 9.17) is 4.98 Å². The Labute approximate surface area is 142 Å². The van der Waals surface area contributed by atoms with E-state index in [-0.39, 0.29) is 11.3 Å². The first-order valence-corrected chi connectivity index (χ1v) is 8.28. The van der Waals surface area contributed by atoms with Crippen LogP contribution in [0.1, 0.15) is 32.4 Å². The number of amides is 1. The Kier molecular flexibility index (Phi) is 4.50. The van der Waals surface area contributed by atoms with E-state index in [0.29, 0.717) is 0 Å². The van der Waals surface area contributed by atoms with Gasteiger partial charge in [0.25, 0.3) is 0 Å². The van der Waals surface area contributed by atoms with Crippen molar-refractivity contribution in [2.75, 3.05) is 18.4 Å². The number of anilines is 1. The molecule has 124 valence electrons. The molecule has 1 aromatic heterocycles. The number of hydrogen-bond acceptors (Lipinski definition) is 4. The van der Waals surface area contributed by atoms with Crippen molar-refractivity contribution in [3.05, 3.63) is 36.0 Å². The number of nitrogens with one attached hydrogen (secondary N) is 1. The Morgan fingerprint density at radius 3 is 3.00 bits per heavy atom. The van der Waals surface area contributed by atoms with Crippen LogP contribution in [0.3, 0.4) is 0 Å². The molecule has 1 atom stereocenters. The molecular weight excluding hydrogens is 300 g/mol. The number of hydrogen-bond donors (Lipinski definition) is 1. The van der Waals surface area contributed by atoms with E-state index in [1.165, 1.54) is 6.92 Å². The van der Waals surface area contributed by atoms with Gasteiger partial charge >= 0.3 is 0 Å². The third-order valence-electron chi connectivity index (χ3n) is 4.50. The first-order valence-electron chi connectivity index (χ1n) is 8.28. The molecule has 2 aromatic rings. The minimum Gasteiger partial charge on any atom is -0.326 e. The Hall–Kier alpha value is -2.45. The highest BCUT2D eigenvalue weighted by molar-refractivity contribution is 5.92. The van der Waals surface area contributed by atoms with Crippen molar-refractivity contribution >= 4 is 22.5 Å². The summed E-state index contributed by atoms with van der Waals surface area (Å²) >= 11 is 0. The first-order chi connectivity index (χ1) is 11.5. The summed E-state index contributed by atoms with van der Waals surface area (Å²) in [6, 6.07) is 12.2. The van der Waals surface area contributed by atoms with Gasteiger partial charge in [0.2, 0.25) is 5.91 Å². The van der Waals surface area contributed by atoms with Gasteiger partial charge in [0.05, 0.1) is 22.7 Å². The van der Waals surface area contributed by atoms with Crippen LogP contribution in [-0.4, -0.2) is 28.9 Å². The maximum atomic E-state index is 11.1. The lowest BCUT2D eigenvalue weighted by atomic mass is 9.83. The molecule has 5 heteroatoms. The standard InChI is InChI=1S/C19H22N4O/c1-14(24)21-16-6-7-18-15(10-16)4-5-17(22-18)11-23-9-3-8-19(2,12-20)13-23/h4-7,10H,3,8-9,11,13H2,1-2H3,(H,21,24). The molecule has 1 aliphatic rings. The van der Waals surface area contributed by atoms with Crippen LogP contribution < -0.4 is 5.32 Å². The SMILES string of the molecule is CC(=O)Nc1ccc2nc(CN3CCCC(C)(C#N)C3)ccc2c1. The third-order valence-corrected chi connectivity index (χ3v) is 4.50. The van der Waals surface area contributed by atoms with Crippen LogP contribution in [0.15, 0.2) is 30.3 Å². The Bertz CT molecular complexity index is 811. The van der Waals surface area contributed by atoms with E-state index in [0.717, 1.165) is 54.8 Å². The second kappa shape index (κ2) is 6.58. The third kappa shape index (κ3) is 3.72. The van der Waals surface area contributed by atoms with Crippen molar-refractivity contribution < 1.29 is 4.79 Å². The lowest BCUT2D eigenvalue weighted by Crippen LogP contribution is -2.40. The average Bonchev–Trinajstić information content (AvgIpc) is 2.54. The van der Waals surface area contributed by atoms with Gasteiger partial charge in [-0.25, -0.2) is 0 Å². The van der Waals surface area contributed by atoms with Gasteiger partial charge in [0, 0.05) is 31.1 Å². The molecule has 5 nitrogen and oxygen atoms in total. The highest BCUT2D eigenvalue weighted by atomic mass is 16.1. The van der Waals surface area contributed by atoms with E-state index < -0.39 is 0 Å². The smallest absolute Gasteiger partial charge is 0.221 e. The number of benzene rings is 1. The number of nitriles is 1. The van der Waals surface area contributed by atoms with Crippen molar-refractivity contribution in [1.82, 2.24) is 9.88 Å². The molecule has 0 radical (unpaired) electrons. The molecule has 1 N–H and O–H groups in total. The second-order valence-electron chi connectivity index (χ2n) is 6.88. The van der Waals surface area contributed by atoms with E-state index in [1.54, 1.807) is 0 Å². The molecule has 1 aromatic carbocycles. The molecule has 1 saturated heterocycles. The molecule has 1 amide bonds. The number of carbonyl (C=O) groups excluding carboxylic acids is 1. The summed E-state index contributed by atoms with van der Waals surface area (Å²) in [6.07, 6.45) is 2.02. The number of likely N-dealkylation sites (tertiary alicyclic amines) is 1. The number of fused-ring (bicyclic) bond motifs is 1. The number of aromatic nitrogens is 1. The number of carbonyl (C=O) groups is 1. The summed E-state index contributed by atoms with van der Waals surface area (Å²) < 4.78 is 0. The Morgan fingerprint density at radius 2 is 2.25 bits per heavy atom. The highest BCUT2D eigenvalue weighted by Gasteiger charge is 2.30. The largest absolute Gasteiger partial charge is 0.326 e. The summed E-state index contributed by atoms with van der Waals surface area (Å²) in [5.41, 5.74) is 2.46. The quantitative estimate of drug-likeness (QED) is 0.941. The van der Waals surface area contributed by atoms with Gasteiger partial charge in [0.1, 0.15) is 0 Å². The average molecular weight is 322 g/mol. The van der Waals surface area contributed by atoms with E-state index in [1.807, 2.05) is 37.3 Å². The van der Waals surface area contributed by atoms with Gasteiger partial charge in [-0.3, -0.25) is 14.7 Å². The van der Waals surface area contributed by atoms with Crippen molar-refractivity contribution in [2.45, 2.75) is 33.2 Å². The second-order valence-corrected chi connectivity index (χ2v) is 6.88. The topological polar surface area (TPSA) is 69.0 Å². The van der Waals surface area contributed by atoms with Crippen molar-refractivity contribution in [3.63, 3.8) is 0 Å². The van der Waals surface area contributed by atoms with Gasteiger partial charge in [0.15, 0.2) is 0 Å². The lowest BCUT2D eigenvalue weighted by Gasteiger charge is -2.35. The van der Waals surface area contributed by atoms with E-state index >= 15 is 0 Å². The van der Waals surface area contributed by atoms with Crippen molar-refractivity contribution in [1.29, 1.82) is 5.26 Å². The lowest BCUT2D eigenvalue weighted by molar-refractivity contribution is -0.114. The number of rotatable bonds is 3. The summed E-state index contributed by atoms with van der Waals surface area (Å²) in [5, 5.41) is 13.1. The fourth-order valence-electron chi connectivity index (χ4n) is 3.34. The van der Waals surface area contributed by atoms with E-state index in [9.17, 15) is 10.1 Å². The normalized spacial score (nSPS) is 21.4. The molecule has 1 unspecified atom stereocenters. The number of piperidine rings is 1. The van der Waals surface area contributed by atoms with E-state index in [2.05, 4.69) is 16.3 Å². The molecule has 0 saturated carbocycles. The molecule has 0 spiro atoms. The van der Waals surface area contributed by atoms with Gasteiger partial charge in [-0.15, -0.1) is 0 Å². The highest BCUT2D eigenvalue weighted by Crippen LogP contribution is 2.29. The molecule has 3 rings (SSSR count). The van der Waals surface area contributed by atoms with Gasteiger partial charge in [-0.05, 0) is 50.6 Å². The van der Waals surface area contributed by atoms with Crippen LogP contribution in [-0.2, 0) is 11.3 Å². The monoisotopic (exact) mass is 322 g/mol. The fourth-order valence-corrected chi connectivity index (χ4v) is 3.34. The predicted octanol–water partition coefficient (Wildman–Crippen LogP) is 3.32. The molecule has 2 heterocycles. The van der Waals surface area contributed by atoms with Crippen LogP contribution in [0.4, 0.5) is 5.69 Å². The van der Waals surface area contributed by atoms with Crippen molar-refractivity contribution in [3.8, 4) is 6.07 Å². The van der Waals surface area contributed by atoms with Crippen LogP contribution in [0, 0.1) is 16.7 Å². The summed E-state index contributed by atoms with van der Waals surface area (Å²) in [4.78, 5) is 18.2. The summed E-state index contributed by atoms with van der Waals surface area (Å²) in [6.45, 7) is 6.11. The van der Waals surface area contributed by atoms with Crippen LogP contribution in [0.25, 0.3) is 10.9 Å². The minimum atomic E-state index is -0.248. The van der Waals surface area contributed by atoms with Crippen molar-refractivity contribution in [2.24, 2.45) is 5.41 Å². The zero-order valence-electron chi connectivity index (χ0n) is 14.2. The first kappa shape index (κ1) is 16.4. The van der Waals surface area contributed by atoms with Gasteiger partial charge < -0.3 is 5.32 Å². The molecule has 0 bridgehead atoms.